The first-order chi connectivity index (χ1) is 14.1. The van der Waals surface area contributed by atoms with Gasteiger partial charge in [-0.25, -0.2) is 9.88 Å². The Labute approximate surface area is 174 Å². The van der Waals surface area contributed by atoms with Gasteiger partial charge in [0.05, 0.1) is 11.9 Å². The minimum absolute atomic E-state index is 0.0946. The molecule has 1 aromatic heterocycles. The number of thioether (sulfide) groups is 1. The first-order valence-corrected chi connectivity index (χ1v) is 10.7. The molecule has 29 heavy (non-hydrogen) atoms. The Morgan fingerprint density at radius 1 is 0.966 bits per heavy atom. The average molecular weight is 407 g/mol. The Morgan fingerprint density at radius 3 is 2.24 bits per heavy atom. The van der Waals surface area contributed by atoms with Crippen molar-refractivity contribution in [2.45, 2.75) is 37.7 Å². The van der Waals surface area contributed by atoms with Crippen LogP contribution in [0.25, 0.3) is 11.3 Å². The van der Waals surface area contributed by atoms with E-state index in [0.717, 1.165) is 16.9 Å². The maximum atomic E-state index is 12.6. The molecule has 0 N–H and O–H groups in total. The quantitative estimate of drug-likeness (QED) is 0.302. The number of β-lactam (4-membered cyclic amide) rings is 2. The van der Waals surface area contributed by atoms with Gasteiger partial charge in [-0.1, -0.05) is 68.1 Å². The highest BCUT2D eigenvalue weighted by molar-refractivity contribution is 7.98. The van der Waals surface area contributed by atoms with Crippen LogP contribution in [0.15, 0.2) is 70.4 Å². The lowest BCUT2D eigenvalue weighted by Crippen LogP contribution is -2.66. The Hall–Kier alpha value is -2.86. The zero-order valence-electron chi connectivity index (χ0n) is 16.4. The van der Waals surface area contributed by atoms with E-state index in [1.807, 2.05) is 68.4 Å². The molecule has 1 aliphatic rings. The molecule has 0 aliphatic carbocycles. The molecule has 3 aromatic rings. The average Bonchev–Trinajstić information content (AvgIpc) is 3.24. The molecule has 0 atom stereocenters. The standard InChI is InChI=1S/C23H22N2O3S/c1-3-23(4-2)20(26)25(21(23)27)18-12-10-16(11-13-18)15-29-22-24-14-19(28-22)17-8-6-5-7-9-17/h5-14H,3-4,15H2,1-2H3. The summed E-state index contributed by atoms with van der Waals surface area (Å²) in [7, 11) is 0. The van der Waals surface area contributed by atoms with Crippen molar-refractivity contribution in [2.24, 2.45) is 5.41 Å². The lowest BCUT2D eigenvalue weighted by atomic mass is 9.73. The highest BCUT2D eigenvalue weighted by Gasteiger charge is 2.58. The highest BCUT2D eigenvalue weighted by Crippen LogP contribution is 2.42. The molecule has 2 aromatic carbocycles. The third-order valence-corrected chi connectivity index (χ3v) is 6.45. The second kappa shape index (κ2) is 7.87. The zero-order valence-corrected chi connectivity index (χ0v) is 17.2. The summed E-state index contributed by atoms with van der Waals surface area (Å²) < 4.78 is 5.81. The van der Waals surface area contributed by atoms with E-state index in [0.29, 0.717) is 29.5 Å². The summed E-state index contributed by atoms with van der Waals surface area (Å²) >= 11 is 1.51. The van der Waals surface area contributed by atoms with Crippen LogP contribution in [0.5, 0.6) is 0 Å². The van der Waals surface area contributed by atoms with Gasteiger partial charge in [0.25, 0.3) is 5.22 Å². The minimum Gasteiger partial charge on any atom is -0.431 e. The summed E-state index contributed by atoms with van der Waals surface area (Å²) in [4.78, 5) is 30.7. The molecular weight excluding hydrogens is 384 g/mol. The highest BCUT2D eigenvalue weighted by atomic mass is 32.2. The number of nitrogens with zero attached hydrogens (tertiary/aromatic N) is 2. The molecule has 0 radical (unpaired) electrons. The summed E-state index contributed by atoms with van der Waals surface area (Å²) in [5, 5.41) is 0.608. The van der Waals surface area contributed by atoms with Crippen LogP contribution in [0.1, 0.15) is 32.3 Å². The second-order valence-electron chi connectivity index (χ2n) is 7.05. The summed E-state index contributed by atoms with van der Waals surface area (Å²) in [5.74, 6) is 1.24. The van der Waals surface area contributed by atoms with E-state index >= 15 is 0 Å². The van der Waals surface area contributed by atoms with Crippen molar-refractivity contribution in [1.82, 2.24) is 4.98 Å². The monoisotopic (exact) mass is 406 g/mol. The van der Waals surface area contributed by atoms with Crippen molar-refractivity contribution in [3.63, 3.8) is 0 Å². The molecule has 0 saturated carbocycles. The molecule has 1 fully saturated rings. The van der Waals surface area contributed by atoms with Gasteiger partial charge in [0.1, 0.15) is 5.41 Å². The zero-order chi connectivity index (χ0) is 20.4. The van der Waals surface area contributed by atoms with E-state index in [1.165, 1.54) is 16.7 Å². The Balaban J connectivity index is 1.39. The number of carbonyl (C=O) groups is 2. The van der Waals surface area contributed by atoms with Crippen LogP contribution in [0, 0.1) is 5.41 Å². The Bertz CT molecular complexity index is 1010. The Kier molecular flexibility index (Phi) is 5.28. The van der Waals surface area contributed by atoms with Crippen molar-refractivity contribution in [3.8, 4) is 11.3 Å². The minimum atomic E-state index is -0.823. The van der Waals surface area contributed by atoms with E-state index in [9.17, 15) is 9.59 Å². The molecule has 1 saturated heterocycles. The third-order valence-electron chi connectivity index (χ3n) is 5.53. The van der Waals surface area contributed by atoms with E-state index in [-0.39, 0.29) is 11.8 Å². The van der Waals surface area contributed by atoms with E-state index in [1.54, 1.807) is 6.20 Å². The number of aromatic nitrogens is 1. The van der Waals surface area contributed by atoms with Crippen LogP contribution in [-0.4, -0.2) is 16.8 Å². The van der Waals surface area contributed by atoms with Crippen LogP contribution in [0.2, 0.25) is 0 Å². The molecule has 0 bridgehead atoms. The molecule has 1 aliphatic heterocycles. The molecule has 0 unspecified atom stereocenters. The topological polar surface area (TPSA) is 63.4 Å². The lowest BCUT2D eigenvalue weighted by Gasteiger charge is -2.45. The Morgan fingerprint density at radius 2 is 1.62 bits per heavy atom. The number of carbonyl (C=O) groups excluding carboxylic acids is 2. The summed E-state index contributed by atoms with van der Waals surface area (Å²) in [6.07, 6.45) is 2.83. The number of benzene rings is 2. The fourth-order valence-corrected chi connectivity index (χ4v) is 4.35. The van der Waals surface area contributed by atoms with Gasteiger partial charge in [0.2, 0.25) is 11.8 Å². The van der Waals surface area contributed by atoms with Crippen molar-refractivity contribution in [2.75, 3.05) is 4.90 Å². The number of hydrogen-bond donors (Lipinski definition) is 0. The van der Waals surface area contributed by atoms with E-state index < -0.39 is 5.41 Å². The number of imide groups is 1. The van der Waals surface area contributed by atoms with Gasteiger partial charge in [0.15, 0.2) is 5.76 Å². The first-order valence-electron chi connectivity index (χ1n) is 9.71. The summed E-state index contributed by atoms with van der Waals surface area (Å²) in [6.45, 7) is 3.78. The second-order valence-corrected chi connectivity index (χ2v) is 7.97. The number of rotatable bonds is 7. The fraction of sp³-hybridized carbons (Fsp3) is 0.261. The maximum absolute atomic E-state index is 12.6. The fourth-order valence-electron chi connectivity index (χ4n) is 3.60. The van der Waals surface area contributed by atoms with Gasteiger partial charge < -0.3 is 4.42 Å². The van der Waals surface area contributed by atoms with Gasteiger partial charge in [-0.3, -0.25) is 9.59 Å². The maximum Gasteiger partial charge on any atom is 0.256 e. The lowest BCUT2D eigenvalue weighted by molar-refractivity contribution is -0.153. The van der Waals surface area contributed by atoms with Crippen LogP contribution >= 0.6 is 11.8 Å². The van der Waals surface area contributed by atoms with Crippen LogP contribution in [-0.2, 0) is 15.3 Å². The molecule has 0 spiro atoms. The molecule has 148 valence electrons. The number of hydrogen-bond acceptors (Lipinski definition) is 5. The summed E-state index contributed by atoms with van der Waals surface area (Å²) in [5.41, 5.74) is 1.87. The van der Waals surface area contributed by atoms with Crippen molar-refractivity contribution in [1.29, 1.82) is 0 Å². The molecule has 2 amide bonds. The van der Waals surface area contributed by atoms with E-state index in [2.05, 4.69) is 4.98 Å². The predicted octanol–water partition coefficient (Wildman–Crippen LogP) is 5.31. The first kappa shape index (κ1) is 19.5. The number of amides is 2. The number of anilines is 1. The van der Waals surface area contributed by atoms with Gasteiger partial charge in [0, 0.05) is 11.3 Å². The largest absolute Gasteiger partial charge is 0.431 e. The smallest absolute Gasteiger partial charge is 0.256 e. The molecule has 6 heteroatoms. The van der Waals surface area contributed by atoms with Crippen molar-refractivity contribution in [3.05, 3.63) is 66.4 Å². The normalized spacial score (nSPS) is 15.4. The summed E-state index contributed by atoms with van der Waals surface area (Å²) in [6, 6.07) is 17.4. The van der Waals surface area contributed by atoms with Gasteiger partial charge in [-0.15, -0.1) is 0 Å². The third kappa shape index (κ3) is 3.38. The molecular formula is C23H22N2O3S. The van der Waals surface area contributed by atoms with Crippen LogP contribution < -0.4 is 4.90 Å². The molecule has 2 heterocycles. The van der Waals surface area contributed by atoms with Gasteiger partial charge >= 0.3 is 0 Å². The van der Waals surface area contributed by atoms with E-state index in [4.69, 9.17) is 4.42 Å². The SMILES string of the molecule is CCC1(CC)C(=O)N(c2ccc(CSc3ncc(-c4ccccc4)o3)cc2)C1=O. The van der Waals surface area contributed by atoms with Gasteiger partial charge in [-0.05, 0) is 30.5 Å². The van der Waals surface area contributed by atoms with Crippen molar-refractivity contribution < 1.29 is 14.0 Å². The van der Waals surface area contributed by atoms with Gasteiger partial charge in [-0.2, -0.15) is 0 Å². The molecule has 5 nitrogen and oxygen atoms in total. The predicted molar refractivity (Wildman–Crippen MR) is 113 cm³/mol. The van der Waals surface area contributed by atoms with Crippen LogP contribution in [0.3, 0.4) is 0 Å². The number of oxazole rings is 1. The molecule has 4 rings (SSSR count). The van der Waals surface area contributed by atoms with Crippen LogP contribution in [0.4, 0.5) is 5.69 Å². The van der Waals surface area contributed by atoms with Crippen molar-refractivity contribution >= 4 is 29.3 Å².